The van der Waals surface area contributed by atoms with E-state index in [-0.39, 0.29) is 19.0 Å². The minimum atomic E-state index is -0.675. The van der Waals surface area contributed by atoms with Crippen LogP contribution in [0.2, 0.25) is 0 Å². The molecule has 4 N–H and O–H groups in total. The van der Waals surface area contributed by atoms with Crippen molar-refractivity contribution in [3.05, 3.63) is 23.8 Å². The van der Waals surface area contributed by atoms with Crippen molar-refractivity contribution in [2.45, 2.75) is 25.4 Å². The molecule has 5 heteroatoms. The fourth-order valence-electron chi connectivity index (χ4n) is 1.63. The standard InChI is InChI=1S/C13H21NO4/c1-3-13(8-15,9-16)14-7-10-4-5-11(17)12(6-10)18-2/h4-6,14-17H,3,7-9H2,1-2H3. The van der Waals surface area contributed by atoms with E-state index in [9.17, 15) is 15.3 Å². The Balaban J connectivity index is 2.73. The largest absolute Gasteiger partial charge is 0.504 e. The van der Waals surface area contributed by atoms with Crippen LogP contribution in [0.5, 0.6) is 11.5 Å². The summed E-state index contributed by atoms with van der Waals surface area (Å²) in [5.74, 6) is 0.497. The van der Waals surface area contributed by atoms with Gasteiger partial charge in [-0.2, -0.15) is 0 Å². The molecule has 0 aliphatic heterocycles. The number of ether oxygens (including phenoxy) is 1. The quantitative estimate of drug-likeness (QED) is 0.574. The van der Waals surface area contributed by atoms with Crippen LogP contribution in [0.1, 0.15) is 18.9 Å². The number of methoxy groups -OCH3 is 1. The minimum Gasteiger partial charge on any atom is -0.504 e. The number of aliphatic hydroxyl groups excluding tert-OH is 2. The molecular weight excluding hydrogens is 234 g/mol. The third-order valence-corrected chi connectivity index (χ3v) is 3.19. The van der Waals surface area contributed by atoms with E-state index < -0.39 is 5.54 Å². The van der Waals surface area contributed by atoms with Crippen molar-refractivity contribution < 1.29 is 20.1 Å². The molecule has 5 nitrogen and oxygen atoms in total. The van der Waals surface area contributed by atoms with E-state index in [4.69, 9.17) is 4.74 Å². The molecule has 102 valence electrons. The van der Waals surface area contributed by atoms with Crippen LogP contribution in [0.25, 0.3) is 0 Å². The molecular formula is C13H21NO4. The van der Waals surface area contributed by atoms with E-state index in [1.807, 2.05) is 6.92 Å². The first-order valence-corrected chi connectivity index (χ1v) is 5.93. The van der Waals surface area contributed by atoms with E-state index in [2.05, 4.69) is 5.32 Å². The summed E-state index contributed by atoms with van der Waals surface area (Å²) in [4.78, 5) is 0. The van der Waals surface area contributed by atoms with Gasteiger partial charge in [-0.1, -0.05) is 13.0 Å². The van der Waals surface area contributed by atoms with E-state index >= 15 is 0 Å². The first kappa shape index (κ1) is 14.8. The number of benzene rings is 1. The van der Waals surface area contributed by atoms with Gasteiger partial charge in [-0.05, 0) is 24.1 Å². The van der Waals surface area contributed by atoms with Gasteiger partial charge in [0.1, 0.15) is 0 Å². The second-order valence-electron chi connectivity index (χ2n) is 4.31. The fraction of sp³-hybridized carbons (Fsp3) is 0.538. The van der Waals surface area contributed by atoms with E-state index in [1.54, 1.807) is 18.2 Å². The Bertz CT molecular complexity index is 369. The molecule has 0 saturated heterocycles. The Morgan fingerprint density at radius 3 is 2.44 bits per heavy atom. The molecule has 1 aromatic carbocycles. The summed E-state index contributed by atoms with van der Waals surface area (Å²) in [5, 5.41) is 31.2. The molecule has 0 bridgehead atoms. The van der Waals surface area contributed by atoms with Crippen molar-refractivity contribution >= 4 is 0 Å². The van der Waals surface area contributed by atoms with Gasteiger partial charge in [-0.3, -0.25) is 0 Å². The van der Waals surface area contributed by atoms with Gasteiger partial charge in [0.05, 0.1) is 25.9 Å². The second kappa shape index (κ2) is 6.58. The molecule has 1 aromatic rings. The van der Waals surface area contributed by atoms with Crippen molar-refractivity contribution in [3.8, 4) is 11.5 Å². The lowest BCUT2D eigenvalue weighted by molar-refractivity contribution is 0.0864. The number of hydrogen-bond donors (Lipinski definition) is 4. The average Bonchev–Trinajstić information content (AvgIpc) is 2.42. The summed E-state index contributed by atoms with van der Waals surface area (Å²) in [6.45, 7) is 2.12. The Morgan fingerprint density at radius 2 is 1.94 bits per heavy atom. The van der Waals surface area contributed by atoms with Crippen molar-refractivity contribution in [3.63, 3.8) is 0 Å². The number of rotatable bonds is 7. The van der Waals surface area contributed by atoms with Gasteiger partial charge in [0.15, 0.2) is 11.5 Å². The van der Waals surface area contributed by atoms with Crippen LogP contribution in [0, 0.1) is 0 Å². The summed E-state index contributed by atoms with van der Waals surface area (Å²) in [5.41, 5.74) is 0.231. The zero-order valence-electron chi connectivity index (χ0n) is 10.8. The highest BCUT2D eigenvalue weighted by molar-refractivity contribution is 5.41. The highest BCUT2D eigenvalue weighted by Crippen LogP contribution is 2.26. The number of aromatic hydroxyl groups is 1. The third-order valence-electron chi connectivity index (χ3n) is 3.19. The Kier molecular flexibility index (Phi) is 5.40. The predicted octanol–water partition coefficient (Wildman–Crippen LogP) is 0.624. The number of aliphatic hydroxyl groups is 2. The zero-order chi connectivity index (χ0) is 13.6. The minimum absolute atomic E-state index is 0.0901. The summed E-state index contributed by atoms with van der Waals surface area (Å²) >= 11 is 0. The molecule has 0 spiro atoms. The highest BCUT2D eigenvalue weighted by Gasteiger charge is 2.25. The Morgan fingerprint density at radius 1 is 1.28 bits per heavy atom. The molecule has 0 atom stereocenters. The molecule has 0 heterocycles. The smallest absolute Gasteiger partial charge is 0.160 e. The molecule has 0 aliphatic rings. The summed E-state index contributed by atoms with van der Waals surface area (Å²) in [6.07, 6.45) is 0.620. The monoisotopic (exact) mass is 255 g/mol. The maximum Gasteiger partial charge on any atom is 0.160 e. The van der Waals surface area contributed by atoms with Crippen molar-refractivity contribution in [2.24, 2.45) is 0 Å². The number of nitrogens with one attached hydrogen (secondary N) is 1. The SMILES string of the molecule is CCC(CO)(CO)NCc1ccc(O)c(OC)c1. The van der Waals surface area contributed by atoms with Crippen molar-refractivity contribution in [1.29, 1.82) is 0 Å². The van der Waals surface area contributed by atoms with Gasteiger partial charge >= 0.3 is 0 Å². The first-order valence-electron chi connectivity index (χ1n) is 5.93. The lowest BCUT2D eigenvalue weighted by atomic mass is 9.98. The third kappa shape index (κ3) is 3.35. The molecule has 0 aromatic heterocycles. The Labute approximate surface area is 107 Å². The summed E-state index contributed by atoms with van der Waals surface area (Å²) in [6, 6.07) is 5.04. The molecule has 0 fully saturated rings. The molecule has 0 aliphatic carbocycles. The predicted molar refractivity (Wildman–Crippen MR) is 68.7 cm³/mol. The van der Waals surface area contributed by atoms with Gasteiger partial charge < -0.3 is 25.4 Å². The molecule has 0 unspecified atom stereocenters. The van der Waals surface area contributed by atoms with Crippen LogP contribution >= 0.6 is 0 Å². The van der Waals surface area contributed by atoms with Crippen LogP contribution in [0.3, 0.4) is 0 Å². The van der Waals surface area contributed by atoms with Crippen molar-refractivity contribution in [2.75, 3.05) is 20.3 Å². The fourth-order valence-corrected chi connectivity index (χ4v) is 1.63. The molecule has 0 radical (unpaired) electrons. The topological polar surface area (TPSA) is 82.0 Å². The second-order valence-corrected chi connectivity index (χ2v) is 4.31. The number of hydrogen-bond acceptors (Lipinski definition) is 5. The maximum atomic E-state index is 9.48. The lowest BCUT2D eigenvalue weighted by Crippen LogP contribution is -2.50. The molecule has 0 saturated carbocycles. The van der Waals surface area contributed by atoms with Crippen LogP contribution < -0.4 is 10.1 Å². The maximum absolute atomic E-state index is 9.48. The van der Waals surface area contributed by atoms with Gasteiger partial charge in [0.25, 0.3) is 0 Å². The van der Waals surface area contributed by atoms with Crippen LogP contribution in [-0.4, -0.2) is 41.2 Å². The van der Waals surface area contributed by atoms with Gasteiger partial charge in [0, 0.05) is 6.54 Å². The first-order chi connectivity index (χ1) is 8.60. The number of phenolic OH excluding ortho intramolecular Hbond substituents is 1. The lowest BCUT2D eigenvalue weighted by Gasteiger charge is -2.30. The Hall–Kier alpha value is -1.30. The van der Waals surface area contributed by atoms with Crippen LogP contribution in [-0.2, 0) is 6.54 Å². The average molecular weight is 255 g/mol. The molecule has 0 amide bonds. The number of phenols is 1. The molecule has 18 heavy (non-hydrogen) atoms. The van der Waals surface area contributed by atoms with E-state index in [0.717, 1.165) is 5.56 Å². The van der Waals surface area contributed by atoms with E-state index in [0.29, 0.717) is 18.7 Å². The van der Waals surface area contributed by atoms with Gasteiger partial charge in [-0.25, -0.2) is 0 Å². The summed E-state index contributed by atoms with van der Waals surface area (Å²) in [7, 11) is 1.49. The van der Waals surface area contributed by atoms with E-state index in [1.165, 1.54) is 7.11 Å². The van der Waals surface area contributed by atoms with Crippen molar-refractivity contribution in [1.82, 2.24) is 5.32 Å². The highest BCUT2D eigenvalue weighted by atomic mass is 16.5. The normalized spacial score (nSPS) is 11.6. The van der Waals surface area contributed by atoms with Crippen LogP contribution in [0.4, 0.5) is 0 Å². The molecule has 1 rings (SSSR count). The van der Waals surface area contributed by atoms with Gasteiger partial charge in [0.2, 0.25) is 0 Å². The van der Waals surface area contributed by atoms with Crippen LogP contribution in [0.15, 0.2) is 18.2 Å². The van der Waals surface area contributed by atoms with Gasteiger partial charge in [-0.15, -0.1) is 0 Å². The summed E-state index contributed by atoms with van der Waals surface area (Å²) < 4.78 is 5.02. The zero-order valence-corrected chi connectivity index (χ0v) is 10.8.